The zero-order valence-corrected chi connectivity index (χ0v) is 6.12. The minimum atomic E-state index is -1.25. The van der Waals surface area contributed by atoms with E-state index in [9.17, 15) is 5.11 Å². The Morgan fingerprint density at radius 2 is 2.17 bits per heavy atom. The van der Waals surface area contributed by atoms with Crippen LogP contribution in [0.15, 0.2) is 5.16 Å². The molecule has 0 amide bonds. The zero-order valence-electron chi connectivity index (χ0n) is 6.12. The van der Waals surface area contributed by atoms with Crippen LogP contribution in [-0.2, 0) is 9.57 Å². The highest BCUT2D eigenvalue weighted by atomic mass is 16.7. The van der Waals surface area contributed by atoms with Crippen molar-refractivity contribution in [1.82, 2.24) is 0 Å². The van der Waals surface area contributed by atoms with Gasteiger partial charge >= 0.3 is 0 Å². The van der Waals surface area contributed by atoms with Gasteiger partial charge in [-0.25, -0.2) is 0 Å². The van der Waals surface area contributed by atoms with Crippen molar-refractivity contribution >= 4 is 5.71 Å². The van der Waals surface area contributed by atoms with E-state index in [0.29, 0.717) is 5.71 Å². The Bertz CT molecular complexity index is 218. The van der Waals surface area contributed by atoms with Gasteiger partial charge in [-0.3, -0.25) is 0 Å². The molecule has 12 heavy (non-hydrogen) atoms. The van der Waals surface area contributed by atoms with Crippen LogP contribution in [0.2, 0.25) is 0 Å². The van der Waals surface area contributed by atoms with Crippen LogP contribution in [0.1, 0.15) is 0 Å². The Morgan fingerprint density at radius 1 is 1.42 bits per heavy atom. The van der Waals surface area contributed by atoms with Crippen LogP contribution in [0, 0.1) is 0 Å². The van der Waals surface area contributed by atoms with Gasteiger partial charge < -0.3 is 24.9 Å². The molecule has 0 bridgehead atoms. The van der Waals surface area contributed by atoms with E-state index in [-0.39, 0.29) is 6.61 Å². The zero-order chi connectivity index (χ0) is 8.72. The van der Waals surface area contributed by atoms with Crippen molar-refractivity contribution in [2.45, 2.75) is 24.6 Å². The van der Waals surface area contributed by atoms with Crippen LogP contribution >= 0.6 is 0 Å². The highest BCUT2D eigenvalue weighted by Gasteiger charge is 2.50. The summed E-state index contributed by atoms with van der Waals surface area (Å²) in [6.07, 6.45) is -3.64. The van der Waals surface area contributed by atoms with Gasteiger partial charge in [0, 0.05) is 0 Å². The summed E-state index contributed by atoms with van der Waals surface area (Å²) < 4.78 is 4.89. The van der Waals surface area contributed by atoms with Gasteiger partial charge in [0.05, 0.1) is 6.61 Å². The molecule has 68 valence electrons. The molecule has 6 heteroatoms. The van der Waals surface area contributed by atoms with Gasteiger partial charge in [0.25, 0.3) is 0 Å². The molecule has 0 radical (unpaired) electrons. The van der Waals surface area contributed by atoms with Gasteiger partial charge in [-0.15, -0.1) is 0 Å². The second-order valence-corrected chi connectivity index (χ2v) is 2.75. The Kier molecular flexibility index (Phi) is 1.76. The molecule has 2 heterocycles. The Hall–Kier alpha value is -0.690. The minimum absolute atomic E-state index is 0.291. The number of aliphatic hydroxyl groups is 3. The number of hydrogen-bond acceptors (Lipinski definition) is 6. The molecule has 0 aliphatic carbocycles. The number of nitrogens with zero attached hydrogens (tertiary/aromatic N) is 1. The predicted octanol–water partition coefficient (Wildman–Crippen LogP) is -2.19. The lowest BCUT2D eigenvalue weighted by Crippen LogP contribution is -2.33. The fourth-order valence-corrected chi connectivity index (χ4v) is 1.33. The third kappa shape index (κ3) is 0.929. The molecule has 0 aromatic rings. The molecule has 0 spiro atoms. The topological polar surface area (TPSA) is 91.5 Å². The lowest BCUT2D eigenvalue weighted by molar-refractivity contribution is -0.122. The monoisotopic (exact) mass is 175 g/mol. The molecular formula is C6H9NO5. The smallest absolute Gasteiger partial charge is 0.189 e. The Balaban J connectivity index is 2.14. The average Bonchev–Trinajstić information content (AvgIpc) is 2.55. The third-order valence-corrected chi connectivity index (χ3v) is 2.00. The van der Waals surface area contributed by atoms with Crippen molar-refractivity contribution in [3.05, 3.63) is 0 Å². The van der Waals surface area contributed by atoms with Crippen LogP contribution in [0.3, 0.4) is 0 Å². The second kappa shape index (κ2) is 2.67. The van der Waals surface area contributed by atoms with E-state index in [4.69, 9.17) is 19.8 Å². The fourth-order valence-electron chi connectivity index (χ4n) is 1.33. The Labute approximate surface area is 68.0 Å². The second-order valence-electron chi connectivity index (χ2n) is 2.75. The maximum atomic E-state index is 9.23. The quantitative estimate of drug-likeness (QED) is 0.421. The molecule has 2 rings (SSSR count). The molecule has 0 saturated carbocycles. The summed E-state index contributed by atoms with van der Waals surface area (Å²) >= 11 is 0. The van der Waals surface area contributed by atoms with Gasteiger partial charge in [0.15, 0.2) is 12.4 Å². The summed E-state index contributed by atoms with van der Waals surface area (Å²) in [5.41, 5.74) is 0.301. The van der Waals surface area contributed by atoms with Crippen molar-refractivity contribution in [3.63, 3.8) is 0 Å². The molecule has 0 aromatic heterocycles. The fraction of sp³-hybridized carbons (Fsp3) is 0.833. The largest absolute Gasteiger partial charge is 0.390 e. The van der Waals surface area contributed by atoms with E-state index in [0.717, 1.165) is 0 Å². The number of rotatable bonds is 1. The van der Waals surface area contributed by atoms with E-state index in [1.54, 1.807) is 0 Å². The number of oxime groups is 1. The van der Waals surface area contributed by atoms with Crippen LogP contribution < -0.4 is 0 Å². The lowest BCUT2D eigenvalue weighted by Gasteiger charge is -2.08. The van der Waals surface area contributed by atoms with Crippen LogP contribution in [0.4, 0.5) is 0 Å². The maximum absolute atomic E-state index is 9.23. The van der Waals surface area contributed by atoms with Crippen LogP contribution in [0.25, 0.3) is 0 Å². The first-order valence-corrected chi connectivity index (χ1v) is 3.59. The van der Waals surface area contributed by atoms with Crippen molar-refractivity contribution in [2.24, 2.45) is 5.16 Å². The summed E-state index contributed by atoms with van der Waals surface area (Å²) in [5.74, 6) is 0. The van der Waals surface area contributed by atoms with Gasteiger partial charge in [-0.2, -0.15) is 0 Å². The minimum Gasteiger partial charge on any atom is -0.390 e. The van der Waals surface area contributed by atoms with Crippen molar-refractivity contribution in [1.29, 1.82) is 0 Å². The SMILES string of the molecule is OCC1=NO[C@H]2[C@@H]1OC(O)[C@@H]2O. The number of hydrogen-bond donors (Lipinski definition) is 3. The van der Waals surface area contributed by atoms with Crippen molar-refractivity contribution in [3.8, 4) is 0 Å². The van der Waals surface area contributed by atoms with Gasteiger partial charge in [-0.05, 0) is 0 Å². The number of aliphatic hydroxyl groups excluding tert-OH is 3. The van der Waals surface area contributed by atoms with Gasteiger partial charge in [0.1, 0.15) is 17.9 Å². The van der Waals surface area contributed by atoms with Gasteiger partial charge in [0.2, 0.25) is 0 Å². The summed E-state index contributed by atoms with van der Waals surface area (Å²) in [5, 5.41) is 30.5. The molecule has 3 N–H and O–H groups in total. The molecule has 1 saturated heterocycles. The molecule has 6 nitrogen and oxygen atoms in total. The van der Waals surface area contributed by atoms with Crippen LogP contribution in [-0.4, -0.2) is 52.2 Å². The maximum Gasteiger partial charge on any atom is 0.189 e. The summed E-state index contributed by atoms with van der Waals surface area (Å²) in [6, 6.07) is 0. The molecule has 1 unspecified atom stereocenters. The van der Waals surface area contributed by atoms with E-state index in [2.05, 4.69) is 5.16 Å². The summed E-state index contributed by atoms with van der Waals surface area (Å²) in [4.78, 5) is 4.76. The molecule has 2 aliphatic heterocycles. The van der Waals surface area contributed by atoms with Gasteiger partial charge in [-0.1, -0.05) is 5.16 Å². The first kappa shape index (κ1) is 7.93. The molecular weight excluding hydrogens is 166 g/mol. The highest BCUT2D eigenvalue weighted by Crippen LogP contribution is 2.27. The number of fused-ring (bicyclic) bond motifs is 1. The van der Waals surface area contributed by atoms with Crippen molar-refractivity contribution < 1.29 is 24.9 Å². The third-order valence-electron chi connectivity index (χ3n) is 2.00. The standard InChI is InChI=1S/C6H9NO5/c8-1-2-4-5(12-7-2)3(9)6(10)11-4/h3-6,8-10H,1H2/t3-,4-,5-,6?/m1/s1. The van der Waals surface area contributed by atoms with E-state index >= 15 is 0 Å². The molecule has 4 atom stereocenters. The molecule has 2 aliphatic rings. The number of ether oxygens (including phenoxy) is 1. The predicted molar refractivity (Wildman–Crippen MR) is 36.3 cm³/mol. The lowest BCUT2D eigenvalue weighted by atomic mass is 10.1. The first-order chi connectivity index (χ1) is 5.74. The van der Waals surface area contributed by atoms with Crippen LogP contribution in [0.5, 0.6) is 0 Å². The molecule has 1 fully saturated rings. The highest BCUT2D eigenvalue weighted by molar-refractivity contribution is 5.91. The first-order valence-electron chi connectivity index (χ1n) is 3.59. The Morgan fingerprint density at radius 3 is 2.83 bits per heavy atom. The average molecular weight is 175 g/mol. The summed E-state index contributed by atoms with van der Waals surface area (Å²) in [6.45, 7) is -0.291. The van der Waals surface area contributed by atoms with E-state index < -0.39 is 24.6 Å². The summed E-state index contributed by atoms with van der Waals surface area (Å²) in [7, 11) is 0. The van der Waals surface area contributed by atoms with E-state index in [1.165, 1.54) is 0 Å². The van der Waals surface area contributed by atoms with Crippen molar-refractivity contribution in [2.75, 3.05) is 6.61 Å². The molecule has 0 aromatic carbocycles. The normalized spacial score (nSPS) is 45.4. The van der Waals surface area contributed by atoms with E-state index in [1.807, 2.05) is 0 Å².